The lowest BCUT2D eigenvalue weighted by Crippen LogP contribution is -2.21. The number of aryl methyl sites for hydroxylation is 1. The molecule has 1 aromatic heterocycles. The van der Waals surface area contributed by atoms with Crippen molar-refractivity contribution >= 4 is 11.6 Å². The first kappa shape index (κ1) is 17.7. The van der Waals surface area contributed by atoms with Crippen molar-refractivity contribution in [3.8, 4) is 11.6 Å². The molecule has 2 aromatic rings. The molecule has 0 fully saturated rings. The highest BCUT2D eigenvalue weighted by molar-refractivity contribution is 5.93. The molecule has 0 bridgehead atoms. The molecule has 6 heteroatoms. The molecule has 2 rings (SSSR count). The highest BCUT2D eigenvalue weighted by Crippen LogP contribution is 2.23. The van der Waals surface area contributed by atoms with Gasteiger partial charge in [-0.25, -0.2) is 4.98 Å². The van der Waals surface area contributed by atoms with Gasteiger partial charge >= 0.3 is 0 Å². The maximum atomic E-state index is 12.1. The molecule has 1 aromatic carbocycles. The first-order chi connectivity index (χ1) is 11.5. The number of carbonyl (C=O) groups excluding carboxylic acids is 1. The molecule has 0 unspecified atom stereocenters. The van der Waals surface area contributed by atoms with Gasteiger partial charge in [-0.3, -0.25) is 4.79 Å². The molecule has 1 heterocycles. The highest BCUT2D eigenvalue weighted by atomic mass is 16.5. The van der Waals surface area contributed by atoms with E-state index in [-0.39, 0.29) is 18.4 Å². The third-order valence-corrected chi connectivity index (χ3v) is 3.41. The molecule has 0 radical (unpaired) electrons. The van der Waals surface area contributed by atoms with Crippen LogP contribution in [0.5, 0.6) is 11.6 Å². The van der Waals surface area contributed by atoms with E-state index in [4.69, 9.17) is 9.47 Å². The molecular formula is C18H23N3O3. The van der Waals surface area contributed by atoms with E-state index in [9.17, 15) is 4.79 Å². The fourth-order valence-electron chi connectivity index (χ4n) is 2.09. The zero-order valence-corrected chi connectivity index (χ0v) is 14.5. The van der Waals surface area contributed by atoms with Gasteiger partial charge in [-0.2, -0.15) is 4.98 Å². The first-order valence-electron chi connectivity index (χ1n) is 7.97. The number of hydrogen-bond acceptors (Lipinski definition) is 5. The summed E-state index contributed by atoms with van der Waals surface area (Å²) >= 11 is 0. The maximum absolute atomic E-state index is 12.1. The quantitative estimate of drug-likeness (QED) is 0.844. The lowest BCUT2D eigenvalue weighted by molar-refractivity contribution is -0.118. The lowest BCUT2D eigenvalue weighted by atomic mass is 10.1. The Bertz CT molecular complexity index is 702. The number of aromatic nitrogens is 2. The second-order valence-corrected chi connectivity index (χ2v) is 5.59. The van der Waals surface area contributed by atoms with E-state index in [1.165, 1.54) is 0 Å². The number of anilines is 1. The van der Waals surface area contributed by atoms with Crippen molar-refractivity contribution in [2.45, 2.75) is 33.1 Å². The summed E-state index contributed by atoms with van der Waals surface area (Å²) in [5.74, 6) is 1.72. The zero-order valence-electron chi connectivity index (χ0n) is 14.5. The van der Waals surface area contributed by atoms with Crippen LogP contribution in [0.15, 0.2) is 30.3 Å². The van der Waals surface area contributed by atoms with Gasteiger partial charge in [0.2, 0.25) is 5.88 Å². The summed E-state index contributed by atoms with van der Waals surface area (Å²) < 4.78 is 10.7. The molecule has 1 amide bonds. The van der Waals surface area contributed by atoms with Crippen molar-refractivity contribution in [3.05, 3.63) is 41.9 Å². The van der Waals surface area contributed by atoms with Gasteiger partial charge < -0.3 is 14.8 Å². The second-order valence-electron chi connectivity index (χ2n) is 5.59. The monoisotopic (exact) mass is 329 g/mol. The summed E-state index contributed by atoms with van der Waals surface area (Å²) in [4.78, 5) is 20.9. The Morgan fingerprint density at radius 3 is 2.67 bits per heavy atom. The molecule has 0 atom stereocenters. The minimum Gasteiger partial charge on any atom is -0.495 e. The van der Waals surface area contributed by atoms with Crippen LogP contribution in [-0.4, -0.2) is 29.6 Å². The smallest absolute Gasteiger partial charge is 0.262 e. The number of methoxy groups -OCH3 is 1. The first-order valence-corrected chi connectivity index (χ1v) is 7.97. The topological polar surface area (TPSA) is 73.3 Å². The van der Waals surface area contributed by atoms with Gasteiger partial charge in [-0.15, -0.1) is 0 Å². The van der Waals surface area contributed by atoms with Gasteiger partial charge in [0.05, 0.1) is 18.5 Å². The normalized spacial score (nSPS) is 10.5. The Morgan fingerprint density at radius 1 is 1.25 bits per heavy atom. The molecule has 128 valence electrons. The minimum atomic E-state index is -0.276. The fourth-order valence-corrected chi connectivity index (χ4v) is 2.09. The second kappa shape index (κ2) is 8.29. The zero-order chi connectivity index (χ0) is 17.5. The van der Waals surface area contributed by atoms with Crippen molar-refractivity contribution in [3.63, 3.8) is 0 Å². The molecule has 0 aliphatic carbocycles. The molecule has 0 saturated carbocycles. The van der Waals surface area contributed by atoms with Crippen molar-refractivity contribution in [1.82, 2.24) is 9.97 Å². The van der Waals surface area contributed by atoms with Crippen LogP contribution in [0.1, 0.15) is 38.2 Å². The van der Waals surface area contributed by atoms with Crippen LogP contribution in [-0.2, 0) is 11.2 Å². The third-order valence-electron chi connectivity index (χ3n) is 3.41. The van der Waals surface area contributed by atoms with Crippen LogP contribution in [0, 0.1) is 0 Å². The van der Waals surface area contributed by atoms with Crippen LogP contribution in [0.25, 0.3) is 0 Å². The molecule has 6 nitrogen and oxygen atoms in total. The Labute approximate surface area is 142 Å². The van der Waals surface area contributed by atoms with E-state index in [0.29, 0.717) is 29.6 Å². The lowest BCUT2D eigenvalue weighted by Gasteiger charge is -2.12. The summed E-state index contributed by atoms with van der Waals surface area (Å²) in [5, 5.41) is 2.77. The number of amides is 1. The average Bonchev–Trinajstić information content (AvgIpc) is 2.60. The van der Waals surface area contributed by atoms with Gasteiger partial charge in [-0.05, 0) is 18.1 Å². The van der Waals surface area contributed by atoms with Crippen molar-refractivity contribution in [2.75, 3.05) is 19.0 Å². The minimum absolute atomic E-state index is 0.129. The molecule has 24 heavy (non-hydrogen) atoms. The van der Waals surface area contributed by atoms with Crippen molar-refractivity contribution < 1.29 is 14.3 Å². The number of benzene rings is 1. The number of hydrogen-bond donors (Lipinski definition) is 1. The highest BCUT2D eigenvalue weighted by Gasteiger charge is 2.11. The van der Waals surface area contributed by atoms with Gasteiger partial charge in [0.25, 0.3) is 5.91 Å². The molecule has 0 aliphatic heterocycles. The summed E-state index contributed by atoms with van der Waals surface area (Å²) in [7, 11) is 1.56. The van der Waals surface area contributed by atoms with E-state index in [1.807, 2.05) is 19.1 Å². The Hall–Kier alpha value is -2.63. The maximum Gasteiger partial charge on any atom is 0.262 e. The number of nitrogens with one attached hydrogen (secondary N) is 1. The molecule has 0 aliphatic rings. The molecule has 0 saturated heterocycles. The Balaban J connectivity index is 2.02. The number of para-hydroxylation sites is 2. The predicted molar refractivity (Wildman–Crippen MR) is 92.6 cm³/mol. The van der Waals surface area contributed by atoms with Gasteiger partial charge in [-0.1, -0.05) is 32.9 Å². The standard InChI is InChI=1S/C18H23N3O3/c1-5-16-19-14(12(2)3)10-18(21-16)24-11-17(22)20-13-8-6-7-9-15(13)23-4/h6-10,12H,5,11H2,1-4H3,(H,20,22). The summed E-state index contributed by atoms with van der Waals surface area (Å²) in [6, 6.07) is 8.99. The van der Waals surface area contributed by atoms with Crippen molar-refractivity contribution in [1.29, 1.82) is 0 Å². The number of carbonyl (C=O) groups is 1. The van der Waals surface area contributed by atoms with Gasteiger partial charge in [0.15, 0.2) is 6.61 Å². The van der Waals surface area contributed by atoms with E-state index in [0.717, 1.165) is 5.69 Å². The average molecular weight is 329 g/mol. The summed E-state index contributed by atoms with van der Waals surface area (Å²) in [6.07, 6.45) is 0.713. The van der Waals surface area contributed by atoms with E-state index >= 15 is 0 Å². The van der Waals surface area contributed by atoms with E-state index in [2.05, 4.69) is 29.1 Å². The van der Waals surface area contributed by atoms with Crippen LogP contribution >= 0.6 is 0 Å². The van der Waals surface area contributed by atoms with E-state index in [1.54, 1.807) is 25.3 Å². The van der Waals surface area contributed by atoms with Crippen LogP contribution in [0.2, 0.25) is 0 Å². The van der Waals surface area contributed by atoms with Gasteiger partial charge in [0.1, 0.15) is 11.6 Å². The van der Waals surface area contributed by atoms with Crippen molar-refractivity contribution in [2.24, 2.45) is 0 Å². The number of ether oxygens (including phenoxy) is 2. The summed E-state index contributed by atoms with van der Waals surface area (Å²) in [6.45, 7) is 5.97. The summed E-state index contributed by atoms with van der Waals surface area (Å²) in [5.41, 5.74) is 1.51. The van der Waals surface area contributed by atoms with Gasteiger partial charge in [0, 0.05) is 12.5 Å². The fraction of sp³-hybridized carbons (Fsp3) is 0.389. The molecular weight excluding hydrogens is 306 g/mol. The van der Waals surface area contributed by atoms with Crippen LogP contribution in [0.4, 0.5) is 5.69 Å². The van der Waals surface area contributed by atoms with E-state index < -0.39 is 0 Å². The third kappa shape index (κ3) is 4.68. The SMILES string of the molecule is CCc1nc(OCC(=O)Nc2ccccc2OC)cc(C(C)C)n1. The predicted octanol–water partition coefficient (Wildman–Crippen LogP) is 3.19. The molecule has 0 spiro atoms. The molecule has 1 N–H and O–H groups in total. The Morgan fingerprint density at radius 2 is 2.00 bits per heavy atom. The number of nitrogens with zero attached hydrogens (tertiary/aromatic N) is 2. The number of rotatable bonds is 7. The van der Waals surface area contributed by atoms with Crippen LogP contribution in [0.3, 0.4) is 0 Å². The largest absolute Gasteiger partial charge is 0.495 e. The van der Waals surface area contributed by atoms with Crippen LogP contribution < -0.4 is 14.8 Å². The Kier molecular flexibility index (Phi) is 6.12.